The Morgan fingerprint density at radius 2 is 1.95 bits per heavy atom. The minimum absolute atomic E-state index is 0.0904. The molecule has 1 aliphatic rings. The summed E-state index contributed by atoms with van der Waals surface area (Å²) in [5, 5.41) is 16.6. The Balaban J connectivity index is 0.00000352. The molecule has 0 aromatic heterocycles. The predicted octanol–water partition coefficient (Wildman–Crippen LogP) is 5.81. The van der Waals surface area contributed by atoms with Crippen LogP contribution in [0, 0.1) is 6.92 Å². The maximum Gasteiger partial charge on any atom is 0.304 e. The third-order valence-electron chi connectivity index (χ3n) is 5.74. The van der Waals surface area contributed by atoms with Crippen molar-refractivity contribution >= 4 is 18.5 Å². The van der Waals surface area contributed by atoms with Crippen LogP contribution in [-0.2, 0) is 9.63 Å². The molecule has 1 aliphatic heterocycles. The fourth-order valence-corrected chi connectivity index (χ4v) is 3.89. The number of nitrogens with zero attached hydrogens (tertiary/aromatic N) is 2. The highest BCUT2D eigenvalue weighted by Crippen LogP contribution is 2.38. The van der Waals surface area contributed by atoms with Gasteiger partial charge in [0.2, 0.25) is 6.79 Å². The molecule has 1 heterocycles. The molecule has 1 aromatic carbocycles. The summed E-state index contributed by atoms with van der Waals surface area (Å²) in [6, 6.07) is 3.67. The first kappa shape index (κ1) is 32.3. The van der Waals surface area contributed by atoms with E-state index in [0.29, 0.717) is 23.8 Å². The minimum atomic E-state index is -0.920. The Labute approximate surface area is 227 Å². The molecule has 0 amide bonds. The van der Waals surface area contributed by atoms with Crippen LogP contribution in [0.1, 0.15) is 76.8 Å². The van der Waals surface area contributed by atoms with Gasteiger partial charge in [-0.3, -0.25) is 4.79 Å². The molecule has 0 aliphatic carbocycles. The van der Waals surface area contributed by atoms with Crippen molar-refractivity contribution in [3.8, 4) is 11.5 Å². The molecular weight excluding hydrogens is 484 g/mol. The molecule has 2 rings (SSSR count). The van der Waals surface area contributed by atoms with Gasteiger partial charge in [-0.15, -0.1) is 0 Å². The lowest BCUT2D eigenvalue weighted by Crippen LogP contribution is -2.13. The van der Waals surface area contributed by atoms with Crippen LogP contribution >= 0.6 is 0 Å². The van der Waals surface area contributed by atoms with Crippen molar-refractivity contribution in [2.24, 2.45) is 15.9 Å². The normalized spacial score (nSPS) is 14.4. The van der Waals surface area contributed by atoms with E-state index in [4.69, 9.17) is 20.0 Å². The third-order valence-corrected chi connectivity index (χ3v) is 5.74. The van der Waals surface area contributed by atoms with Gasteiger partial charge in [0.25, 0.3) is 0 Å². The summed E-state index contributed by atoms with van der Waals surface area (Å²) in [6.07, 6.45) is 9.24. The van der Waals surface area contributed by atoms with Crippen molar-refractivity contribution in [1.82, 2.24) is 5.32 Å². The predicted molar refractivity (Wildman–Crippen MR) is 154 cm³/mol. The zero-order valence-corrected chi connectivity index (χ0v) is 23.7. The number of ether oxygens (including phenoxy) is 2. The van der Waals surface area contributed by atoms with E-state index in [9.17, 15) is 9.90 Å². The van der Waals surface area contributed by atoms with Crippen LogP contribution in [0.4, 0.5) is 0 Å². The Hall–Kier alpha value is -3.75. The lowest BCUT2D eigenvalue weighted by atomic mass is 9.92. The second-order valence-corrected chi connectivity index (χ2v) is 8.54. The van der Waals surface area contributed by atoms with Crippen molar-refractivity contribution in [2.75, 3.05) is 20.4 Å². The van der Waals surface area contributed by atoms with Gasteiger partial charge in [0.15, 0.2) is 17.3 Å². The van der Waals surface area contributed by atoms with Crippen molar-refractivity contribution in [3.63, 3.8) is 0 Å². The van der Waals surface area contributed by atoms with Gasteiger partial charge in [-0.05, 0) is 69.2 Å². The smallest absolute Gasteiger partial charge is 0.304 e. The number of fused-ring (bicyclic) bond motifs is 1. The SMILES string of the molecule is C=N/C(CCCC(/C=C\C(NC)=C(/C)N)=C\CC)=N\OCC(CC(=O)O)c1cc2c(cc1C)OCO2.CC. The fourth-order valence-electron chi connectivity index (χ4n) is 3.89. The van der Waals surface area contributed by atoms with E-state index < -0.39 is 11.9 Å². The van der Waals surface area contributed by atoms with Crippen LogP contribution in [0.3, 0.4) is 0 Å². The van der Waals surface area contributed by atoms with Crippen LogP contribution in [0.5, 0.6) is 11.5 Å². The summed E-state index contributed by atoms with van der Waals surface area (Å²) >= 11 is 0. The van der Waals surface area contributed by atoms with Gasteiger partial charge in [-0.25, -0.2) is 4.99 Å². The number of likely N-dealkylation sites (N-methyl/N-ethyl adjacent to an activating group) is 1. The van der Waals surface area contributed by atoms with Crippen LogP contribution in [-0.4, -0.2) is 44.1 Å². The monoisotopic (exact) mass is 528 g/mol. The third kappa shape index (κ3) is 10.7. The zero-order valence-electron chi connectivity index (χ0n) is 23.7. The Kier molecular flexibility index (Phi) is 15.0. The molecule has 0 saturated carbocycles. The Bertz CT molecular complexity index is 1040. The molecule has 9 nitrogen and oxygen atoms in total. The number of nitrogens with two attached hydrogens (primary N) is 1. The second kappa shape index (κ2) is 17.7. The first-order valence-corrected chi connectivity index (χ1v) is 13.1. The highest BCUT2D eigenvalue weighted by atomic mass is 16.7. The van der Waals surface area contributed by atoms with Gasteiger partial charge in [0.05, 0.1) is 12.1 Å². The molecule has 9 heteroatoms. The summed E-state index contributed by atoms with van der Waals surface area (Å²) in [5.41, 5.74) is 10.4. The molecule has 0 radical (unpaired) electrons. The second-order valence-electron chi connectivity index (χ2n) is 8.54. The van der Waals surface area contributed by atoms with Crippen LogP contribution in [0.25, 0.3) is 0 Å². The molecule has 0 saturated heterocycles. The van der Waals surface area contributed by atoms with Crippen LogP contribution in [0.15, 0.2) is 57.5 Å². The number of hydrogen-bond donors (Lipinski definition) is 3. The molecule has 0 spiro atoms. The average molecular weight is 529 g/mol. The number of nitrogens with one attached hydrogen (secondary N) is 1. The van der Waals surface area contributed by atoms with E-state index in [1.165, 1.54) is 5.57 Å². The number of carboxylic acid groups (broad SMARTS) is 1. The van der Waals surface area contributed by atoms with E-state index in [0.717, 1.165) is 41.8 Å². The summed E-state index contributed by atoms with van der Waals surface area (Å²) < 4.78 is 10.9. The molecule has 210 valence electrons. The first-order valence-electron chi connectivity index (χ1n) is 13.1. The number of aliphatic carboxylic acids is 1. The van der Waals surface area contributed by atoms with Crippen molar-refractivity contribution in [2.45, 2.75) is 72.6 Å². The summed E-state index contributed by atoms with van der Waals surface area (Å²) in [4.78, 5) is 21.0. The average Bonchev–Trinajstić information content (AvgIpc) is 3.34. The van der Waals surface area contributed by atoms with Gasteiger partial charge in [-0.1, -0.05) is 43.7 Å². The van der Waals surface area contributed by atoms with Gasteiger partial charge in [-0.2, -0.15) is 0 Å². The fraction of sp³-hybridized carbons (Fsp3) is 0.483. The minimum Gasteiger partial charge on any atom is -0.481 e. The summed E-state index contributed by atoms with van der Waals surface area (Å²) in [7, 11) is 1.84. The number of aliphatic imine (C=N–C) groups is 1. The summed E-state index contributed by atoms with van der Waals surface area (Å²) in [5.74, 6) is 0.407. The van der Waals surface area contributed by atoms with Crippen molar-refractivity contribution in [1.29, 1.82) is 0 Å². The number of carbonyl (C=O) groups is 1. The standard InChI is InChI=1S/C27H38N4O5.C2H6/c1-6-8-20(11-12-23(29-4)19(3)28)9-7-10-26(30-5)31-36-16-21(14-27(32)33)22-15-25-24(13-18(22)2)34-17-35-25;1-2/h8,11-13,15,21,29H,5-7,9-10,14,16-17,28H2,1-4H3,(H,32,33);1-2H3/b12-11-,20-8+,23-19-,31-26-;. The number of oxime groups is 1. The van der Waals surface area contributed by atoms with E-state index in [2.05, 4.69) is 41.3 Å². The molecule has 0 fully saturated rings. The molecule has 1 atom stereocenters. The van der Waals surface area contributed by atoms with Gasteiger partial charge >= 0.3 is 5.97 Å². The Morgan fingerprint density at radius 1 is 1.26 bits per heavy atom. The van der Waals surface area contributed by atoms with Crippen molar-refractivity contribution in [3.05, 3.63) is 58.5 Å². The van der Waals surface area contributed by atoms with Crippen molar-refractivity contribution < 1.29 is 24.2 Å². The number of hydrogen-bond acceptors (Lipinski definition) is 7. The quantitative estimate of drug-likeness (QED) is 0.120. The summed E-state index contributed by atoms with van der Waals surface area (Å²) in [6.45, 7) is 13.7. The molecule has 38 heavy (non-hydrogen) atoms. The van der Waals surface area contributed by atoms with E-state index >= 15 is 0 Å². The number of benzene rings is 1. The van der Waals surface area contributed by atoms with Gasteiger partial charge in [0.1, 0.15) is 6.61 Å². The van der Waals surface area contributed by atoms with Gasteiger partial charge < -0.3 is 30.5 Å². The molecule has 1 aromatic rings. The number of aryl methyl sites for hydroxylation is 1. The number of allylic oxidation sites excluding steroid dienone is 5. The highest BCUT2D eigenvalue weighted by Gasteiger charge is 2.23. The molecular formula is C29H44N4O5. The first-order chi connectivity index (χ1) is 18.3. The topological polar surface area (TPSA) is 128 Å². The van der Waals surface area contributed by atoms with Gasteiger partial charge in [0, 0.05) is 25.1 Å². The lowest BCUT2D eigenvalue weighted by Gasteiger charge is -2.17. The molecule has 4 N–H and O–H groups in total. The maximum absolute atomic E-state index is 11.5. The lowest BCUT2D eigenvalue weighted by molar-refractivity contribution is -0.137. The number of amidine groups is 1. The van der Waals surface area contributed by atoms with Crippen LogP contribution < -0.4 is 20.5 Å². The molecule has 1 unspecified atom stereocenters. The highest BCUT2D eigenvalue weighted by molar-refractivity contribution is 5.85. The van der Waals surface area contributed by atoms with E-state index in [-0.39, 0.29) is 19.8 Å². The largest absolute Gasteiger partial charge is 0.481 e. The Morgan fingerprint density at radius 3 is 2.53 bits per heavy atom. The maximum atomic E-state index is 11.5. The van der Waals surface area contributed by atoms with E-state index in [1.807, 2.05) is 53.0 Å². The zero-order chi connectivity index (χ0) is 28.5. The number of carboxylic acids is 1. The van der Waals surface area contributed by atoms with E-state index in [1.54, 1.807) is 0 Å². The van der Waals surface area contributed by atoms with Crippen LogP contribution in [0.2, 0.25) is 0 Å². The number of rotatable bonds is 14. The molecule has 0 bridgehead atoms.